The molecule has 0 aliphatic rings. The monoisotopic (exact) mass is 403 g/mol. The van der Waals surface area contributed by atoms with E-state index in [9.17, 15) is 9.59 Å². The number of esters is 1. The normalized spacial score (nSPS) is 12.8. The van der Waals surface area contributed by atoms with Crippen LogP contribution in [0.25, 0.3) is 6.08 Å². The predicted octanol–water partition coefficient (Wildman–Crippen LogP) is 4.26. The van der Waals surface area contributed by atoms with Crippen LogP contribution in [-0.4, -0.2) is 27.8 Å². The molecule has 150 valence electrons. The third-order valence-electron chi connectivity index (χ3n) is 4.26. The minimum absolute atomic E-state index is 0.0349. The van der Waals surface area contributed by atoms with Gasteiger partial charge in [0.25, 0.3) is 5.91 Å². The number of carbonyl (C=O) groups excluding carboxylic acids is 2. The number of hydrogen-bond acceptors (Lipinski definition) is 4. The summed E-state index contributed by atoms with van der Waals surface area (Å²) >= 11 is 6.12. The van der Waals surface area contributed by atoms with Crippen molar-refractivity contribution < 1.29 is 14.3 Å². The van der Waals surface area contributed by atoms with E-state index >= 15 is 0 Å². The number of amides is 1. The number of ether oxygens (including phenoxy) is 1. The maximum atomic E-state index is 12.3. The standard InChI is InChI=1S/C21H26ClN3O3/c1-13-17(19(22)25(6)24-13)11-12-18(26)28-14(2)20(27)23-16-9-7-15(8-10-16)21(3,4)5/h7-12,14H,1-6H3,(H,23,27)/b12-11+/t14-/m1/s1. The molecule has 1 N–H and O–H groups in total. The number of anilines is 1. The summed E-state index contributed by atoms with van der Waals surface area (Å²) in [6, 6.07) is 7.60. The molecule has 0 fully saturated rings. The Kier molecular flexibility index (Phi) is 6.67. The molecule has 0 saturated carbocycles. The molecule has 0 saturated heterocycles. The number of aryl methyl sites for hydroxylation is 2. The maximum absolute atomic E-state index is 12.3. The van der Waals surface area contributed by atoms with Crippen molar-refractivity contribution in [1.82, 2.24) is 9.78 Å². The zero-order valence-corrected chi connectivity index (χ0v) is 17.8. The van der Waals surface area contributed by atoms with Gasteiger partial charge in [0, 0.05) is 24.4 Å². The molecule has 1 aromatic carbocycles. The average molecular weight is 404 g/mol. The quantitative estimate of drug-likeness (QED) is 0.597. The summed E-state index contributed by atoms with van der Waals surface area (Å²) in [5.41, 5.74) is 3.18. The van der Waals surface area contributed by atoms with Gasteiger partial charge in [-0.1, -0.05) is 44.5 Å². The molecule has 1 atom stereocenters. The van der Waals surface area contributed by atoms with Crippen molar-refractivity contribution in [2.45, 2.75) is 46.1 Å². The van der Waals surface area contributed by atoms with Crippen molar-refractivity contribution in [1.29, 1.82) is 0 Å². The van der Waals surface area contributed by atoms with Gasteiger partial charge in [-0.3, -0.25) is 9.48 Å². The molecule has 28 heavy (non-hydrogen) atoms. The predicted molar refractivity (Wildman–Crippen MR) is 111 cm³/mol. The first-order chi connectivity index (χ1) is 13.0. The summed E-state index contributed by atoms with van der Waals surface area (Å²) in [6.07, 6.45) is 1.82. The first-order valence-electron chi connectivity index (χ1n) is 8.98. The van der Waals surface area contributed by atoms with Gasteiger partial charge in [-0.05, 0) is 43.0 Å². The summed E-state index contributed by atoms with van der Waals surface area (Å²) < 4.78 is 6.68. The van der Waals surface area contributed by atoms with Gasteiger partial charge in [-0.15, -0.1) is 0 Å². The van der Waals surface area contributed by atoms with Gasteiger partial charge in [-0.2, -0.15) is 5.10 Å². The van der Waals surface area contributed by atoms with Crippen molar-refractivity contribution in [3.8, 4) is 0 Å². The number of rotatable bonds is 5. The molecule has 0 aliphatic carbocycles. The molecule has 2 aromatic rings. The Balaban J connectivity index is 1.94. The van der Waals surface area contributed by atoms with E-state index in [1.165, 1.54) is 29.3 Å². The lowest BCUT2D eigenvalue weighted by atomic mass is 9.87. The summed E-state index contributed by atoms with van der Waals surface area (Å²) in [7, 11) is 1.71. The Bertz CT molecular complexity index is 893. The van der Waals surface area contributed by atoms with E-state index in [4.69, 9.17) is 16.3 Å². The molecule has 1 aromatic heterocycles. The van der Waals surface area contributed by atoms with Crippen molar-refractivity contribution in [3.05, 3.63) is 52.3 Å². The van der Waals surface area contributed by atoms with Gasteiger partial charge in [0.1, 0.15) is 5.15 Å². The summed E-state index contributed by atoms with van der Waals surface area (Å²) in [5, 5.41) is 7.33. The third-order valence-corrected chi connectivity index (χ3v) is 4.71. The van der Waals surface area contributed by atoms with Crippen LogP contribution in [0.4, 0.5) is 5.69 Å². The first kappa shape index (κ1) is 21.7. The Hall–Kier alpha value is -2.60. The van der Waals surface area contributed by atoms with Crippen LogP contribution in [0.3, 0.4) is 0 Å². The molecular formula is C21H26ClN3O3. The number of nitrogens with one attached hydrogen (secondary N) is 1. The van der Waals surface area contributed by atoms with E-state index in [1.807, 2.05) is 24.3 Å². The Labute approximate surface area is 170 Å². The molecule has 7 heteroatoms. The lowest BCUT2D eigenvalue weighted by Crippen LogP contribution is -2.29. The SMILES string of the molecule is Cc1nn(C)c(Cl)c1/C=C/C(=O)O[C@H](C)C(=O)Nc1ccc(C(C)(C)C)cc1. The van der Waals surface area contributed by atoms with E-state index < -0.39 is 18.0 Å². The molecule has 2 rings (SSSR count). The van der Waals surface area contributed by atoms with Crippen molar-refractivity contribution in [2.75, 3.05) is 5.32 Å². The lowest BCUT2D eigenvalue weighted by Gasteiger charge is -2.19. The van der Waals surface area contributed by atoms with E-state index in [2.05, 4.69) is 31.2 Å². The zero-order chi connectivity index (χ0) is 21.1. The van der Waals surface area contributed by atoms with Crippen molar-refractivity contribution in [3.63, 3.8) is 0 Å². The van der Waals surface area contributed by atoms with Crippen LogP contribution in [-0.2, 0) is 26.8 Å². The summed E-state index contributed by atoms with van der Waals surface area (Å²) in [6.45, 7) is 9.67. The van der Waals surface area contributed by atoms with E-state index in [0.29, 0.717) is 22.1 Å². The molecular weight excluding hydrogens is 378 g/mol. The van der Waals surface area contributed by atoms with Crippen LogP contribution >= 0.6 is 11.6 Å². The van der Waals surface area contributed by atoms with Crippen molar-refractivity contribution in [2.24, 2.45) is 7.05 Å². The highest BCUT2D eigenvalue weighted by Crippen LogP contribution is 2.23. The Morgan fingerprint density at radius 1 is 1.25 bits per heavy atom. The number of aromatic nitrogens is 2. The number of nitrogens with zero attached hydrogens (tertiary/aromatic N) is 2. The lowest BCUT2D eigenvalue weighted by molar-refractivity contribution is -0.148. The smallest absolute Gasteiger partial charge is 0.331 e. The second-order valence-electron chi connectivity index (χ2n) is 7.64. The minimum atomic E-state index is -0.940. The molecule has 0 bridgehead atoms. The number of hydrogen-bond donors (Lipinski definition) is 1. The zero-order valence-electron chi connectivity index (χ0n) is 17.0. The van der Waals surface area contributed by atoms with Crippen LogP contribution in [0.1, 0.15) is 44.5 Å². The highest BCUT2D eigenvalue weighted by atomic mass is 35.5. The summed E-state index contributed by atoms with van der Waals surface area (Å²) in [5.74, 6) is -1.04. The van der Waals surface area contributed by atoms with Crippen LogP contribution < -0.4 is 5.32 Å². The van der Waals surface area contributed by atoms with Crippen LogP contribution in [0.2, 0.25) is 5.15 Å². The second-order valence-corrected chi connectivity index (χ2v) is 8.00. The molecule has 0 radical (unpaired) electrons. The minimum Gasteiger partial charge on any atom is -0.449 e. The topological polar surface area (TPSA) is 73.2 Å². The largest absolute Gasteiger partial charge is 0.449 e. The van der Waals surface area contributed by atoms with Gasteiger partial charge in [0.2, 0.25) is 0 Å². The maximum Gasteiger partial charge on any atom is 0.331 e. The van der Waals surface area contributed by atoms with Gasteiger partial charge >= 0.3 is 5.97 Å². The van der Waals surface area contributed by atoms with Crippen LogP contribution in [0.5, 0.6) is 0 Å². The van der Waals surface area contributed by atoms with Gasteiger partial charge in [0.05, 0.1) is 5.69 Å². The van der Waals surface area contributed by atoms with E-state index in [-0.39, 0.29) is 5.41 Å². The van der Waals surface area contributed by atoms with Crippen LogP contribution in [0, 0.1) is 6.92 Å². The third kappa shape index (κ3) is 5.45. The first-order valence-corrected chi connectivity index (χ1v) is 9.36. The fourth-order valence-corrected chi connectivity index (χ4v) is 2.79. The molecule has 0 spiro atoms. The second kappa shape index (κ2) is 8.61. The average Bonchev–Trinajstić information content (AvgIpc) is 2.84. The Morgan fingerprint density at radius 2 is 1.86 bits per heavy atom. The van der Waals surface area contributed by atoms with Gasteiger partial charge in [-0.25, -0.2) is 4.79 Å². The van der Waals surface area contributed by atoms with E-state index in [1.54, 1.807) is 14.0 Å². The number of halogens is 1. The Morgan fingerprint density at radius 3 is 2.36 bits per heavy atom. The molecule has 1 amide bonds. The fraction of sp³-hybridized carbons (Fsp3) is 0.381. The molecule has 0 aliphatic heterocycles. The number of carbonyl (C=O) groups is 2. The van der Waals surface area contributed by atoms with Crippen LogP contribution in [0.15, 0.2) is 30.3 Å². The fourth-order valence-electron chi connectivity index (χ4n) is 2.55. The number of benzene rings is 1. The van der Waals surface area contributed by atoms with Gasteiger partial charge in [0.15, 0.2) is 6.10 Å². The summed E-state index contributed by atoms with van der Waals surface area (Å²) in [4.78, 5) is 24.3. The van der Waals surface area contributed by atoms with Gasteiger partial charge < -0.3 is 10.1 Å². The highest BCUT2D eigenvalue weighted by molar-refractivity contribution is 6.31. The van der Waals surface area contributed by atoms with E-state index in [0.717, 1.165) is 0 Å². The molecule has 0 unspecified atom stereocenters. The highest BCUT2D eigenvalue weighted by Gasteiger charge is 2.18. The molecule has 6 nitrogen and oxygen atoms in total. The molecule has 1 heterocycles. The van der Waals surface area contributed by atoms with Crippen molar-refractivity contribution >= 4 is 35.2 Å².